The van der Waals surface area contributed by atoms with Crippen LogP contribution in [-0.2, 0) is 0 Å². The Morgan fingerprint density at radius 3 is 1.22 bits per heavy atom. The molecule has 9 heavy (non-hydrogen) atoms. The van der Waals surface area contributed by atoms with Crippen molar-refractivity contribution in [3.8, 4) is 0 Å². The van der Waals surface area contributed by atoms with Gasteiger partial charge in [-0.2, -0.15) is 0 Å². The summed E-state index contributed by atoms with van der Waals surface area (Å²) in [5, 5.41) is 0. The molecule has 0 aromatic carbocycles. The van der Waals surface area contributed by atoms with Crippen molar-refractivity contribution in [1.82, 2.24) is 4.90 Å². The van der Waals surface area contributed by atoms with Crippen LogP contribution in [0.1, 0.15) is 25.1 Å². The normalized spacial score (nSPS) is 8.00. The first kappa shape index (κ1) is 17.2. The SMILES string of the molecule is CCN(CC)CC.[H+].[H-].[H-].[Na+].[Na+]. The van der Waals surface area contributed by atoms with Crippen molar-refractivity contribution in [2.24, 2.45) is 0 Å². The van der Waals surface area contributed by atoms with Gasteiger partial charge in [0.15, 0.2) is 0 Å². The van der Waals surface area contributed by atoms with Crippen LogP contribution in [0.3, 0.4) is 0 Å². The van der Waals surface area contributed by atoms with E-state index in [4.69, 9.17) is 0 Å². The fourth-order valence-corrected chi connectivity index (χ4v) is 0.671. The minimum Gasteiger partial charge on any atom is -1.00 e. The maximum atomic E-state index is 2.38. The van der Waals surface area contributed by atoms with Crippen molar-refractivity contribution >= 4 is 0 Å². The van der Waals surface area contributed by atoms with Gasteiger partial charge >= 0.3 is 60.5 Å². The summed E-state index contributed by atoms with van der Waals surface area (Å²) in [5.74, 6) is 0. The second-order valence-corrected chi connectivity index (χ2v) is 1.62. The number of rotatable bonds is 3. The van der Waals surface area contributed by atoms with Crippen molar-refractivity contribution in [3.05, 3.63) is 0 Å². The van der Waals surface area contributed by atoms with Crippen LogP contribution >= 0.6 is 0 Å². The van der Waals surface area contributed by atoms with Gasteiger partial charge in [0.25, 0.3) is 0 Å². The van der Waals surface area contributed by atoms with E-state index in [0.29, 0.717) is 0 Å². The van der Waals surface area contributed by atoms with E-state index in [0.717, 1.165) is 0 Å². The molecule has 0 atom stereocenters. The Balaban J connectivity index is -0.0000000180. The maximum absolute atomic E-state index is 2.38. The van der Waals surface area contributed by atoms with Gasteiger partial charge < -0.3 is 7.75 Å². The molecule has 0 saturated carbocycles. The van der Waals surface area contributed by atoms with E-state index in [1.165, 1.54) is 19.6 Å². The molecule has 0 saturated heterocycles. The van der Waals surface area contributed by atoms with E-state index in [9.17, 15) is 0 Å². The minimum absolute atomic E-state index is 0. The Labute approximate surface area is 108 Å². The molecule has 1 nitrogen and oxygen atoms in total. The number of nitrogens with zero attached hydrogens (tertiary/aromatic N) is 1. The smallest absolute Gasteiger partial charge is 1.00 e. The van der Waals surface area contributed by atoms with Crippen LogP contribution in [0.5, 0.6) is 0 Å². The second-order valence-electron chi connectivity index (χ2n) is 1.62. The fourth-order valence-electron chi connectivity index (χ4n) is 0.671. The number of hydrogen-bond donors (Lipinski definition) is 0. The molecule has 0 aliphatic carbocycles. The molecule has 0 unspecified atom stereocenters. The van der Waals surface area contributed by atoms with Gasteiger partial charge in [-0.15, -0.1) is 0 Å². The van der Waals surface area contributed by atoms with Crippen LogP contribution in [-0.4, -0.2) is 24.5 Å². The van der Waals surface area contributed by atoms with Crippen LogP contribution in [0.4, 0.5) is 0 Å². The molecule has 0 N–H and O–H groups in total. The molecule has 0 aromatic heterocycles. The third-order valence-electron chi connectivity index (χ3n) is 1.34. The zero-order valence-electron chi connectivity index (χ0n) is 10.6. The summed E-state index contributed by atoms with van der Waals surface area (Å²) in [6, 6.07) is 0. The quantitative estimate of drug-likeness (QED) is 0.368. The van der Waals surface area contributed by atoms with Crippen LogP contribution in [0, 0.1) is 0 Å². The predicted octanol–water partition coefficient (Wildman–Crippen LogP) is -4.31. The zero-order chi connectivity index (χ0) is 5.70. The van der Waals surface area contributed by atoms with Gasteiger partial charge in [0.1, 0.15) is 0 Å². The van der Waals surface area contributed by atoms with Gasteiger partial charge in [-0.05, 0) is 19.6 Å². The Morgan fingerprint density at radius 1 is 1.00 bits per heavy atom. The van der Waals surface area contributed by atoms with Gasteiger partial charge in [0, 0.05) is 0 Å². The molecule has 3 heteroatoms. The van der Waals surface area contributed by atoms with Gasteiger partial charge in [0.05, 0.1) is 0 Å². The molecule has 0 spiro atoms. The largest absolute Gasteiger partial charge is 1.00 e. The summed E-state index contributed by atoms with van der Waals surface area (Å²) in [7, 11) is 0. The van der Waals surface area contributed by atoms with E-state index in [1.54, 1.807) is 0 Å². The first-order valence-electron chi connectivity index (χ1n) is 3.07. The molecule has 0 radical (unpaired) electrons. The molecule has 0 bridgehead atoms. The molecular formula is C6H18NNa2+. The molecule has 0 fully saturated rings. The topological polar surface area (TPSA) is 3.24 Å². The monoisotopic (exact) mass is 150 g/mol. The molecular weight excluding hydrogens is 132 g/mol. The van der Waals surface area contributed by atoms with Crippen molar-refractivity contribution in [2.45, 2.75) is 20.8 Å². The summed E-state index contributed by atoms with van der Waals surface area (Å²) in [6.45, 7) is 10.1. The van der Waals surface area contributed by atoms with E-state index in [2.05, 4.69) is 25.7 Å². The Bertz CT molecular complexity index is 42.3. The van der Waals surface area contributed by atoms with Crippen LogP contribution < -0.4 is 59.1 Å². The van der Waals surface area contributed by atoms with Crippen LogP contribution in [0.15, 0.2) is 0 Å². The molecule has 48 valence electrons. The second kappa shape index (κ2) is 12.6. The van der Waals surface area contributed by atoms with E-state index in [-0.39, 0.29) is 63.4 Å². The summed E-state index contributed by atoms with van der Waals surface area (Å²) in [6.07, 6.45) is 0. The maximum Gasteiger partial charge on any atom is 1.00 e. The first-order chi connectivity index (χ1) is 3.35. The fraction of sp³-hybridized carbons (Fsp3) is 1.00. The molecule has 0 heterocycles. The first-order valence-corrected chi connectivity index (χ1v) is 3.07. The summed E-state index contributed by atoms with van der Waals surface area (Å²) >= 11 is 0. The molecule has 0 rings (SSSR count). The summed E-state index contributed by atoms with van der Waals surface area (Å²) < 4.78 is 0. The Kier molecular flexibility index (Phi) is 24.1. The Hall–Kier alpha value is 1.96. The molecule has 0 aliphatic heterocycles. The van der Waals surface area contributed by atoms with Crippen LogP contribution in [0.25, 0.3) is 0 Å². The minimum atomic E-state index is 0. The van der Waals surface area contributed by atoms with E-state index >= 15 is 0 Å². The Morgan fingerprint density at radius 2 is 1.22 bits per heavy atom. The third kappa shape index (κ3) is 9.96. The summed E-state index contributed by atoms with van der Waals surface area (Å²) in [4.78, 5) is 2.38. The summed E-state index contributed by atoms with van der Waals surface area (Å²) in [5.41, 5.74) is 0. The van der Waals surface area contributed by atoms with Gasteiger partial charge in [-0.1, -0.05) is 20.8 Å². The van der Waals surface area contributed by atoms with Crippen molar-refractivity contribution in [3.63, 3.8) is 0 Å². The van der Waals surface area contributed by atoms with E-state index in [1.807, 2.05) is 0 Å². The van der Waals surface area contributed by atoms with E-state index < -0.39 is 0 Å². The molecule has 0 aromatic rings. The third-order valence-corrected chi connectivity index (χ3v) is 1.34. The molecule has 0 amide bonds. The predicted molar refractivity (Wildman–Crippen MR) is 36.8 cm³/mol. The average molecular weight is 150 g/mol. The zero-order valence-corrected chi connectivity index (χ0v) is 11.6. The van der Waals surface area contributed by atoms with Crippen LogP contribution in [0.2, 0.25) is 0 Å². The van der Waals surface area contributed by atoms with Gasteiger partial charge in [-0.25, -0.2) is 0 Å². The van der Waals surface area contributed by atoms with Crippen molar-refractivity contribution in [2.75, 3.05) is 19.6 Å². The average Bonchev–Trinajstić information content (AvgIpc) is 1.72. The number of hydrogen-bond acceptors (Lipinski definition) is 1. The molecule has 0 aliphatic rings. The van der Waals surface area contributed by atoms with Crippen molar-refractivity contribution < 1.29 is 63.4 Å². The standard InChI is InChI=1S/C6H15N.2Na.2H/c1-4-7(5-2)6-3;;;;/h4-6H2,1-3H3;;;;/q;2*+1;2*-1/p+1. The van der Waals surface area contributed by atoms with Crippen molar-refractivity contribution in [1.29, 1.82) is 0 Å². The van der Waals surface area contributed by atoms with Gasteiger partial charge in [-0.3, -0.25) is 0 Å². The van der Waals surface area contributed by atoms with Gasteiger partial charge in [0.2, 0.25) is 0 Å².